The Hall–Kier alpha value is -3.53. The largest absolute Gasteiger partial charge is 0.481 e. The second-order valence-electron chi connectivity index (χ2n) is 10.8. The third kappa shape index (κ3) is 7.22. The van der Waals surface area contributed by atoms with E-state index < -0.39 is 16.0 Å². The lowest BCUT2D eigenvalue weighted by Crippen LogP contribution is -2.47. The van der Waals surface area contributed by atoms with E-state index in [4.69, 9.17) is 9.84 Å². The van der Waals surface area contributed by atoms with Crippen molar-refractivity contribution in [2.45, 2.75) is 55.5 Å². The molecule has 1 atom stereocenters. The Morgan fingerprint density at radius 2 is 1.51 bits per heavy atom. The molecular weight excluding hydrogens is 540 g/mol. The Morgan fingerprint density at radius 3 is 2.15 bits per heavy atom. The molecule has 3 aromatic carbocycles. The van der Waals surface area contributed by atoms with Crippen LogP contribution in [0.25, 0.3) is 11.1 Å². The molecule has 1 amide bonds. The highest BCUT2D eigenvalue weighted by molar-refractivity contribution is 7.89. The van der Waals surface area contributed by atoms with Gasteiger partial charge in [-0.05, 0) is 66.5 Å². The van der Waals surface area contributed by atoms with E-state index in [-0.39, 0.29) is 35.2 Å². The summed E-state index contributed by atoms with van der Waals surface area (Å²) in [5.41, 5.74) is 3.82. The molecule has 9 heteroatoms. The highest BCUT2D eigenvalue weighted by atomic mass is 32.2. The molecule has 5 rings (SSSR count). The molecule has 216 valence electrons. The van der Waals surface area contributed by atoms with E-state index >= 15 is 0 Å². The first-order valence-corrected chi connectivity index (χ1v) is 15.6. The number of carbonyl (C=O) groups excluding carboxylic acids is 1. The number of aryl methyl sites for hydroxylation is 1. The molecule has 41 heavy (non-hydrogen) atoms. The molecule has 0 radical (unpaired) electrons. The van der Waals surface area contributed by atoms with E-state index in [1.165, 1.54) is 0 Å². The zero-order chi connectivity index (χ0) is 28.8. The zero-order valence-electron chi connectivity index (χ0n) is 22.9. The van der Waals surface area contributed by atoms with Gasteiger partial charge >= 0.3 is 5.97 Å². The van der Waals surface area contributed by atoms with Crippen LogP contribution < -0.4 is 4.72 Å². The number of aliphatic carboxylic acids is 1. The van der Waals surface area contributed by atoms with Gasteiger partial charge in [-0.2, -0.15) is 0 Å². The van der Waals surface area contributed by atoms with E-state index in [2.05, 4.69) is 4.72 Å². The highest BCUT2D eigenvalue weighted by Gasteiger charge is 2.35. The molecule has 1 aliphatic heterocycles. The molecule has 0 aromatic heterocycles. The number of carbonyl (C=O) groups is 2. The number of carboxylic acid groups (broad SMARTS) is 1. The minimum absolute atomic E-state index is 0.0828. The average molecular weight is 577 g/mol. The SMILES string of the molecule is O=C(O)CCc1ccc(-c2ccc(S(=O)(=O)N[C@H]3CC[C@H](C(=O)N4CCOC[C@H]4c4ccccc4)CC3)cc2)cc1. The minimum atomic E-state index is -3.70. The predicted octanol–water partition coefficient (Wildman–Crippen LogP) is 4.81. The Balaban J connectivity index is 1.16. The van der Waals surface area contributed by atoms with Gasteiger partial charge in [0.05, 0.1) is 24.2 Å². The van der Waals surface area contributed by atoms with Crippen LogP contribution >= 0.6 is 0 Å². The second kappa shape index (κ2) is 13.0. The van der Waals surface area contributed by atoms with E-state index in [1.807, 2.05) is 59.5 Å². The molecule has 1 heterocycles. The maximum absolute atomic E-state index is 13.5. The van der Waals surface area contributed by atoms with Crippen LogP contribution in [0.15, 0.2) is 83.8 Å². The number of morpholine rings is 1. The fourth-order valence-electron chi connectivity index (χ4n) is 5.74. The number of carboxylic acids is 1. The third-order valence-electron chi connectivity index (χ3n) is 8.07. The summed E-state index contributed by atoms with van der Waals surface area (Å²) in [5.74, 6) is -0.810. The molecule has 8 nitrogen and oxygen atoms in total. The fourth-order valence-corrected chi connectivity index (χ4v) is 7.05. The van der Waals surface area contributed by atoms with Crippen molar-refractivity contribution < 1.29 is 27.9 Å². The van der Waals surface area contributed by atoms with Crippen LogP contribution in [-0.2, 0) is 30.8 Å². The Bertz CT molecular complexity index is 1430. The van der Waals surface area contributed by atoms with Crippen molar-refractivity contribution in [3.63, 3.8) is 0 Å². The lowest BCUT2D eigenvalue weighted by Gasteiger charge is -2.39. The minimum Gasteiger partial charge on any atom is -0.481 e. The van der Waals surface area contributed by atoms with Crippen LogP contribution in [0, 0.1) is 5.92 Å². The summed E-state index contributed by atoms with van der Waals surface area (Å²) in [6.45, 7) is 1.58. The number of hydrogen-bond acceptors (Lipinski definition) is 5. The first-order valence-electron chi connectivity index (χ1n) is 14.2. The number of benzene rings is 3. The van der Waals surface area contributed by atoms with E-state index in [0.29, 0.717) is 51.9 Å². The number of ether oxygens (including phenoxy) is 1. The van der Waals surface area contributed by atoms with Crippen LogP contribution in [0.2, 0.25) is 0 Å². The fraction of sp³-hybridized carbons (Fsp3) is 0.375. The van der Waals surface area contributed by atoms with Crippen molar-refractivity contribution in [2.24, 2.45) is 5.92 Å². The number of rotatable bonds is 9. The van der Waals surface area contributed by atoms with Gasteiger partial charge in [-0.25, -0.2) is 13.1 Å². The van der Waals surface area contributed by atoms with Crippen LogP contribution in [0.3, 0.4) is 0 Å². The highest BCUT2D eigenvalue weighted by Crippen LogP contribution is 2.32. The molecule has 2 N–H and O–H groups in total. The Labute approximate surface area is 241 Å². The Morgan fingerprint density at radius 1 is 0.878 bits per heavy atom. The summed E-state index contributed by atoms with van der Waals surface area (Å²) < 4.78 is 34.8. The van der Waals surface area contributed by atoms with Crippen LogP contribution in [0.1, 0.15) is 49.3 Å². The quantitative estimate of drug-likeness (QED) is 0.378. The van der Waals surface area contributed by atoms with Crippen LogP contribution in [-0.4, -0.2) is 56.1 Å². The summed E-state index contributed by atoms with van der Waals surface area (Å²) in [6, 6.07) is 24.0. The van der Waals surface area contributed by atoms with Crippen molar-refractivity contribution in [3.05, 3.63) is 90.0 Å². The van der Waals surface area contributed by atoms with Gasteiger partial charge in [-0.1, -0.05) is 66.7 Å². The standard InChI is InChI=1S/C32H36N2O6S/c35-31(36)19-8-23-6-9-24(10-7-23)25-13-17-29(18-14-25)41(38,39)33-28-15-11-27(12-16-28)32(37)34-20-21-40-22-30(34)26-4-2-1-3-5-26/h1-7,9-10,13-14,17-18,27-28,30,33H,8,11-12,15-16,19-22H2,(H,35,36)/t27-,28-,30-/m0/s1. The average Bonchev–Trinajstić information content (AvgIpc) is 3.00. The molecule has 1 aliphatic carbocycles. The van der Waals surface area contributed by atoms with Gasteiger partial charge in [0.2, 0.25) is 15.9 Å². The summed E-state index contributed by atoms with van der Waals surface area (Å²) in [7, 11) is -3.70. The summed E-state index contributed by atoms with van der Waals surface area (Å²) in [6.07, 6.45) is 3.07. The molecule has 0 bridgehead atoms. The summed E-state index contributed by atoms with van der Waals surface area (Å²) >= 11 is 0. The number of amides is 1. The van der Waals surface area contributed by atoms with Crippen LogP contribution in [0.4, 0.5) is 0 Å². The van der Waals surface area contributed by atoms with Crippen molar-refractivity contribution in [3.8, 4) is 11.1 Å². The molecule has 2 aliphatic rings. The van der Waals surface area contributed by atoms with E-state index in [0.717, 1.165) is 22.3 Å². The van der Waals surface area contributed by atoms with Crippen molar-refractivity contribution >= 4 is 21.9 Å². The van der Waals surface area contributed by atoms with E-state index in [1.54, 1.807) is 24.3 Å². The Kier molecular flexibility index (Phi) is 9.17. The molecule has 1 saturated carbocycles. The summed E-state index contributed by atoms with van der Waals surface area (Å²) in [5, 5.41) is 8.86. The summed E-state index contributed by atoms with van der Waals surface area (Å²) in [4.78, 5) is 26.4. The monoisotopic (exact) mass is 576 g/mol. The maximum atomic E-state index is 13.5. The lowest BCUT2D eigenvalue weighted by atomic mass is 9.85. The number of hydrogen-bond donors (Lipinski definition) is 2. The van der Waals surface area contributed by atoms with Gasteiger partial charge < -0.3 is 14.7 Å². The van der Waals surface area contributed by atoms with Crippen molar-refractivity contribution in [1.29, 1.82) is 0 Å². The predicted molar refractivity (Wildman–Crippen MR) is 156 cm³/mol. The first kappa shape index (κ1) is 29.0. The van der Waals surface area contributed by atoms with Gasteiger partial charge in [-0.15, -0.1) is 0 Å². The number of nitrogens with one attached hydrogen (secondary N) is 1. The first-order chi connectivity index (χ1) is 19.8. The second-order valence-corrected chi connectivity index (χ2v) is 12.5. The third-order valence-corrected chi connectivity index (χ3v) is 9.61. The molecule has 0 unspecified atom stereocenters. The van der Waals surface area contributed by atoms with Gasteiger partial charge in [0.1, 0.15) is 0 Å². The van der Waals surface area contributed by atoms with Crippen molar-refractivity contribution in [2.75, 3.05) is 19.8 Å². The topological polar surface area (TPSA) is 113 Å². The van der Waals surface area contributed by atoms with Crippen molar-refractivity contribution in [1.82, 2.24) is 9.62 Å². The van der Waals surface area contributed by atoms with Gasteiger partial charge in [0.15, 0.2) is 0 Å². The molecule has 3 aromatic rings. The number of nitrogens with zero attached hydrogens (tertiary/aromatic N) is 1. The van der Waals surface area contributed by atoms with Crippen LogP contribution in [0.5, 0.6) is 0 Å². The molecule has 0 spiro atoms. The van der Waals surface area contributed by atoms with E-state index in [9.17, 15) is 18.0 Å². The van der Waals surface area contributed by atoms with Gasteiger partial charge in [0, 0.05) is 24.9 Å². The molecule has 1 saturated heterocycles. The maximum Gasteiger partial charge on any atom is 0.303 e. The zero-order valence-corrected chi connectivity index (χ0v) is 23.8. The lowest BCUT2D eigenvalue weighted by molar-refractivity contribution is -0.145. The number of sulfonamides is 1. The smallest absolute Gasteiger partial charge is 0.303 e. The van der Waals surface area contributed by atoms with Gasteiger partial charge in [0.25, 0.3) is 0 Å². The normalized spacial score (nSPS) is 21.4. The molecular formula is C32H36N2O6S. The van der Waals surface area contributed by atoms with Gasteiger partial charge in [-0.3, -0.25) is 9.59 Å². The molecule has 2 fully saturated rings.